The second-order valence-corrected chi connectivity index (χ2v) is 2.30. The molecule has 5 heteroatoms. The van der Waals surface area contributed by atoms with E-state index in [1.54, 1.807) is 18.0 Å². The van der Waals surface area contributed by atoms with Crippen LogP contribution in [0, 0.1) is 0 Å². The van der Waals surface area contributed by atoms with E-state index >= 15 is 0 Å². The Labute approximate surface area is 71.3 Å². The van der Waals surface area contributed by atoms with Crippen molar-refractivity contribution in [2.75, 3.05) is 13.7 Å². The first-order valence-corrected chi connectivity index (χ1v) is 3.82. The van der Waals surface area contributed by atoms with E-state index in [0.29, 0.717) is 19.9 Å². The van der Waals surface area contributed by atoms with Gasteiger partial charge in [-0.3, -0.25) is 0 Å². The fraction of sp³-hybridized carbons (Fsp3) is 0.714. The maximum absolute atomic E-state index is 5.13. The average Bonchev–Trinajstić information content (AvgIpc) is 2.50. The molecule has 0 radical (unpaired) electrons. The Morgan fingerprint density at radius 2 is 2.42 bits per heavy atom. The van der Waals surface area contributed by atoms with Gasteiger partial charge in [0.05, 0.1) is 12.8 Å². The maximum Gasteiger partial charge on any atom is 0.141 e. The number of hydrogen-bond acceptors (Lipinski definition) is 4. The minimum atomic E-state index is 0.452. The van der Waals surface area contributed by atoms with Crippen LogP contribution in [-0.2, 0) is 22.8 Å². The molecule has 0 fully saturated rings. The summed E-state index contributed by atoms with van der Waals surface area (Å²) in [5.41, 5.74) is 0.817. The lowest BCUT2D eigenvalue weighted by Crippen LogP contribution is -2.02. The summed E-state index contributed by atoms with van der Waals surface area (Å²) in [7, 11) is 1.63. The molecule has 0 aliphatic heterocycles. The molecule has 0 spiro atoms. The molecule has 0 saturated heterocycles. The molecule has 0 aliphatic rings. The SMILES string of the molecule is CCOCn1cc(COC)nn1. The van der Waals surface area contributed by atoms with Crippen molar-refractivity contribution in [2.45, 2.75) is 20.3 Å². The molecule has 12 heavy (non-hydrogen) atoms. The zero-order valence-corrected chi connectivity index (χ0v) is 7.36. The Morgan fingerprint density at radius 1 is 1.58 bits per heavy atom. The number of nitrogens with zero attached hydrogens (tertiary/aromatic N) is 3. The Bertz CT molecular complexity index is 224. The number of rotatable bonds is 5. The molecule has 0 saturated carbocycles. The van der Waals surface area contributed by atoms with Crippen LogP contribution in [0.2, 0.25) is 0 Å². The van der Waals surface area contributed by atoms with Crippen molar-refractivity contribution < 1.29 is 9.47 Å². The summed E-state index contributed by atoms with van der Waals surface area (Å²) in [5, 5.41) is 7.70. The minimum absolute atomic E-state index is 0.452. The molecule has 5 nitrogen and oxygen atoms in total. The minimum Gasteiger partial charge on any atom is -0.378 e. The fourth-order valence-electron chi connectivity index (χ4n) is 0.800. The van der Waals surface area contributed by atoms with E-state index in [1.165, 1.54) is 0 Å². The molecule has 1 aromatic heterocycles. The zero-order valence-electron chi connectivity index (χ0n) is 7.36. The molecule has 0 bridgehead atoms. The average molecular weight is 171 g/mol. The van der Waals surface area contributed by atoms with Gasteiger partial charge in [-0.2, -0.15) is 0 Å². The summed E-state index contributed by atoms with van der Waals surface area (Å²) >= 11 is 0. The largest absolute Gasteiger partial charge is 0.378 e. The second-order valence-electron chi connectivity index (χ2n) is 2.30. The van der Waals surface area contributed by atoms with Crippen LogP contribution in [-0.4, -0.2) is 28.7 Å². The van der Waals surface area contributed by atoms with Crippen LogP contribution in [0.5, 0.6) is 0 Å². The summed E-state index contributed by atoms with van der Waals surface area (Å²) in [6.07, 6.45) is 1.80. The summed E-state index contributed by atoms with van der Waals surface area (Å²) < 4.78 is 11.7. The first-order valence-electron chi connectivity index (χ1n) is 3.82. The number of aromatic nitrogens is 3. The van der Waals surface area contributed by atoms with Crippen molar-refractivity contribution in [1.82, 2.24) is 15.0 Å². The molecular weight excluding hydrogens is 158 g/mol. The third kappa shape index (κ3) is 2.60. The lowest BCUT2D eigenvalue weighted by molar-refractivity contribution is 0.0777. The van der Waals surface area contributed by atoms with Crippen molar-refractivity contribution in [1.29, 1.82) is 0 Å². The molecule has 68 valence electrons. The van der Waals surface area contributed by atoms with E-state index < -0.39 is 0 Å². The van der Waals surface area contributed by atoms with E-state index in [2.05, 4.69) is 10.3 Å². The van der Waals surface area contributed by atoms with Gasteiger partial charge >= 0.3 is 0 Å². The quantitative estimate of drug-likeness (QED) is 0.644. The van der Waals surface area contributed by atoms with Crippen LogP contribution >= 0.6 is 0 Å². The third-order valence-electron chi connectivity index (χ3n) is 1.31. The molecule has 0 aliphatic carbocycles. The fourth-order valence-corrected chi connectivity index (χ4v) is 0.800. The summed E-state index contributed by atoms with van der Waals surface area (Å²) in [4.78, 5) is 0. The van der Waals surface area contributed by atoms with E-state index in [1.807, 2.05) is 6.92 Å². The molecule has 0 unspecified atom stereocenters. The predicted octanol–water partition coefficient (Wildman–Crippen LogP) is 0.418. The van der Waals surface area contributed by atoms with Gasteiger partial charge in [0.2, 0.25) is 0 Å². The summed E-state index contributed by atoms with van der Waals surface area (Å²) in [6, 6.07) is 0. The lowest BCUT2D eigenvalue weighted by atomic mass is 10.5. The highest BCUT2D eigenvalue weighted by Crippen LogP contribution is 1.94. The molecule has 1 aromatic rings. The highest BCUT2D eigenvalue weighted by molar-refractivity contribution is 4.88. The van der Waals surface area contributed by atoms with E-state index in [0.717, 1.165) is 5.69 Å². The molecular formula is C7H13N3O2. The summed E-state index contributed by atoms with van der Waals surface area (Å²) in [5.74, 6) is 0. The standard InChI is InChI=1S/C7H13N3O2/c1-3-12-6-10-4-7(5-11-2)8-9-10/h4H,3,5-6H2,1-2H3. The molecule has 1 rings (SSSR count). The van der Waals surface area contributed by atoms with Gasteiger partial charge in [-0.1, -0.05) is 5.21 Å². The Hall–Kier alpha value is -0.940. The van der Waals surface area contributed by atoms with E-state index in [4.69, 9.17) is 9.47 Å². The van der Waals surface area contributed by atoms with Crippen molar-refractivity contribution in [3.8, 4) is 0 Å². The van der Waals surface area contributed by atoms with Gasteiger partial charge in [0.25, 0.3) is 0 Å². The van der Waals surface area contributed by atoms with E-state index in [9.17, 15) is 0 Å². The van der Waals surface area contributed by atoms with Gasteiger partial charge < -0.3 is 9.47 Å². The van der Waals surface area contributed by atoms with Gasteiger partial charge in [0.15, 0.2) is 0 Å². The van der Waals surface area contributed by atoms with Crippen LogP contribution in [0.25, 0.3) is 0 Å². The highest BCUT2D eigenvalue weighted by Gasteiger charge is 1.98. The molecule has 1 heterocycles. The molecule has 0 amide bonds. The van der Waals surface area contributed by atoms with Gasteiger partial charge in [0, 0.05) is 13.7 Å². The molecule has 0 aromatic carbocycles. The monoisotopic (exact) mass is 171 g/mol. The van der Waals surface area contributed by atoms with Crippen molar-refractivity contribution in [2.24, 2.45) is 0 Å². The molecule has 0 atom stereocenters. The Kier molecular flexibility index (Phi) is 3.69. The van der Waals surface area contributed by atoms with Gasteiger partial charge in [0.1, 0.15) is 12.4 Å². The summed E-state index contributed by atoms with van der Waals surface area (Å²) in [6.45, 7) is 3.56. The predicted molar refractivity (Wildman–Crippen MR) is 42.4 cm³/mol. The zero-order chi connectivity index (χ0) is 8.81. The number of ether oxygens (including phenoxy) is 2. The smallest absolute Gasteiger partial charge is 0.141 e. The highest BCUT2D eigenvalue weighted by atomic mass is 16.5. The Morgan fingerprint density at radius 3 is 3.08 bits per heavy atom. The van der Waals surface area contributed by atoms with Crippen LogP contribution < -0.4 is 0 Å². The molecule has 0 N–H and O–H groups in total. The Balaban J connectivity index is 2.41. The van der Waals surface area contributed by atoms with E-state index in [-0.39, 0.29) is 0 Å². The van der Waals surface area contributed by atoms with Crippen molar-refractivity contribution in [3.63, 3.8) is 0 Å². The van der Waals surface area contributed by atoms with Gasteiger partial charge in [-0.15, -0.1) is 5.10 Å². The topological polar surface area (TPSA) is 49.2 Å². The number of hydrogen-bond donors (Lipinski definition) is 0. The third-order valence-corrected chi connectivity index (χ3v) is 1.31. The first-order chi connectivity index (χ1) is 5.86. The van der Waals surface area contributed by atoms with Crippen LogP contribution in [0.15, 0.2) is 6.20 Å². The number of methoxy groups -OCH3 is 1. The first kappa shape index (κ1) is 9.15. The van der Waals surface area contributed by atoms with Crippen LogP contribution in [0.4, 0.5) is 0 Å². The van der Waals surface area contributed by atoms with Gasteiger partial charge in [-0.05, 0) is 6.92 Å². The lowest BCUT2D eigenvalue weighted by Gasteiger charge is -1.97. The second kappa shape index (κ2) is 4.84. The van der Waals surface area contributed by atoms with Crippen molar-refractivity contribution >= 4 is 0 Å². The normalized spacial score (nSPS) is 10.5. The van der Waals surface area contributed by atoms with Crippen LogP contribution in [0.3, 0.4) is 0 Å². The van der Waals surface area contributed by atoms with Crippen LogP contribution in [0.1, 0.15) is 12.6 Å². The maximum atomic E-state index is 5.13. The van der Waals surface area contributed by atoms with Gasteiger partial charge in [-0.25, -0.2) is 4.68 Å². The van der Waals surface area contributed by atoms with Crippen molar-refractivity contribution in [3.05, 3.63) is 11.9 Å².